The first-order valence-corrected chi connectivity index (χ1v) is 17.8. The Hall–Kier alpha value is -6.97. The molecule has 0 bridgehead atoms. The summed E-state index contributed by atoms with van der Waals surface area (Å²) < 4.78 is 4.81. The molecule has 0 atom stereocenters. The van der Waals surface area contributed by atoms with E-state index in [0.717, 1.165) is 27.8 Å². The smallest absolute Gasteiger partial charge is 0.0788 e. The molecule has 0 saturated heterocycles. The fourth-order valence-corrected chi connectivity index (χ4v) is 8.43. The Kier molecular flexibility index (Phi) is 6.25. The van der Waals surface area contributed by atoms with E-state index in [1.165, 1.54) is 71.2 Å². The van der Waals surface area contributed by atoms with Crippen molar-refractivity contribution in [1.82, 2.24) is 14.1 Å². The molecule has 3 heteroatoms. The van der Waals surface area contributed by atoms with Crippen molar-refractivity contribution in [2.75, 3.05) is 0 Å². The van der Waals surface area contributed by atoms with Gasteiger partial charge in [-0.15, -0.1) is 0 Å². The van der Waals surface area contributed by atoms with Gasteiger partial charge in [-0.05, 0) is 71.8 Å². The molecule has 3 nitrogen and oxygen atoms in total. The van der Waals surface area contributed by atoms with Gasteiger partial charge in [0.1, 0.15) is 0 Å². The molecule has 11 rings (SSSR count). The molecule has 0 radical (unpaired) electrons. The molecule has 3 heterocycles. The van der Waals surface area contributed by atoms with E-state index in [2.05, 4.69) is 197 Å². The molecule has 52 heavy (non-hydrogen) atoms. The van der Waals surface area contributed by atoms with Crippen molar-refractivity contribution in [2.24, 2.45) is 0 Å². The summed E-state index contributed by atoms with van der Waals surface area (Å²) in [6.45, 7) is 0. The Balaban J connectivity index is 1.15. The maximum absolute atomic E-state index is 5.22. The average Bonchev–Trinajstić information content (AvgIpc) is 3.74. The van der Waals surface area contributed by atoms with Gasteiger partial charge in [-0.1, -0.05) is 127 Å². The third kappa shape index (κ3) is 4.23. The maximum Gasteiger partial charge on any atom is 0.0788 e. The van der Waals surface area contributed by atoms with Gasteiger partial charge in [0.05, 0.1) is 33.3 Å². The van der Waals surface area contributed by atoms with Gasteiger partial charge in [0.15, 0.2) is 0 Å². The minimum Gasteiger partial charge on any atom is -0.309 e. The third-order valence-corrected chi connectivity index (χ3v) is 10.7. The molecule has 242 valence electrons. The highest BCUT2D eigenvalue weighted by atomic mass is 15.0. The topological polar surface area (TPSA) is 22.8 Å². The predicted molar refractivity (Wildman–Crippen MR) is 219 cm³/mol. The number of fused-ring (bicyclic) bond motifs is 10. The van der Waals surface area contributed by atoms with Crippen molar-refractivity contribution in [1.29, 1.82) is 0 Å². The summed E-state index contributed by atoms with van der Waals surface area (Å²) in [6, 6.07) is 67.8. The second-order valence-corrected chi connectivity index (χ2v) is 13.5. The van der Waals surface area contributed by atoms with Crippen molar-refractivity contribution < 1.29 is 0 Å². The quantitative estimate of drug-likeness (QED) is 0.172. The van der Waals surface area contributed by atoms with Gasteiger partial charge in [-0.2, -0.15) is 0 Å². The Morgan fingerprint density at radius 3 is 1.71 bits per heavy atom. The monoisotopic (exact) mass is 661 g/mol. The Bertz CT molecular complexity index is 3170. The summed E-state index contributed by atoms with van der Waals surface area (Å²) in [5.41, 5.74) is 12.6. The van der Waals surface area contributed by atoms with Crippen LogP contribution in [0.5, 0.6) is 0 Å². The molecule has 0 amide bonds. The van der Waals surface area contributed by atoms with Crippen molar-refractivity contribution in [2.45, 2.75) is 0 Å². The van der Waals surface area contributed by atoms with Gasteiger partial charge < -0.3 is 9.13 Å². The lowest BCUT2D eigenvalue weighted by molar-refractivity contribution is 1.18. The standard InChI is InChI=1S/C49H31N3/c1-3-14-32(15-4-1)49-40-27-29-46-48(47(40)38-21-7-10-23-42(38)50-49)39-22-9-12-25-44(39)52(46)36-19-13-16-33(30-36)34-26-28-45-41(31-34)37-20-8-11-24-43(37)51(45)35-17-5-2-6-18-35/h1-31H. The number of benzene rings is 8. The van der Waals surface area contributed by atoms with Crippen LogP contribution in [0.4, 0.5) is 0 Å². The van der Waals surface area contributed by atoms with Crippen LogP contribution in [0.2, 0.25) is 0 Å². The van der Waals surface area contributed by atoms with E-state index in [9.17, 15) is 0 Å². The van der Waals surface area contributed by atoms with Crippen LogP contribution in [-0.2, 0) is 0 Å². The molecule has 0 aliphatic rings. The minimum atomic E-state index is 1.00. The number of hydrogen-bond acceptors (Lipinski definition) is 1. The predicted octanol–water partition coefficient (Wildman–Crippen LogP) is 12.9. The molecule has 0 aliphatic heterocycles. The van der Waals surface area contributed by atoms with E-state index in [0.29, 0.717) is 0 Å². The highest BCUT2D eigenvalue weighted by Crippen LogP contribution is 2.43. The molecule has 0 N–H and O–H groups in total. The molecule has 11 aromatic rings. The number of rotatable bonds is 4. The van der Waals surface area contributed by atoms with Gasteiger partial charge in [0, 0.05) is 54.6 Å². The van der Waals surface area contributed by atoms with E-state index < -0.39 is 0 Å². The number of aromatic nitrogens is 3. The minimum absolute atomic E-state index is 1.00. The van der Waals surface area contributed by atoms with Crippen LogP contribution in [-0.4, -0.2) is 14.1 Å². The summed E-state index contributed by atoms with van der Waals surface area (Å²) in [6.07, 6.45) is 0. The van der Waals surface area contributed by atoms with E-state index in [1.807, 2.05) is 0 Å². The molecule has 0 spiro atoms. The summed E-state index contributed by atoms with van der Waals surface area (Å²) in [4.78, 5) is 5.22. The zero-order valence-electron chi connectivity index (χ0n) is 28.2. The van der Waals surface area contributed by atoms with Gasteiger partial charge in [-0.25, -0.2) is 4.98 Å². The van der Waals surface area contributed by atoms with Crippen LogP contribution < -0.4 is 0 Å². The largest absolute Gasteiger partial charge is 0.309 e. The van der Waals surface area contributed by atoms with Crippen molar-refractivity contribution in [3.05, 3.63) is 188 Å². The molecule has 3 aromatic heterocycles. The van der Waals surface area contributed by atoms with Gasteiger partial charge >= 0.3 is 0 Å². The normalized spacial score (nSPS) is 11.8. The molecular formula is C49H31N3. The second-order valence-electron chi connectivity index (χ2n) is 13.5. The zero-order valence-corrected chi connectivity index (χ0v) is 28.2. The lowest BCUT2D eigenvalue weighted by Gasteiger charge is -2.13. The van der Waals surface area contributed by atoms with E-state index in [-0.39, 0.29) is 0 Å². The zero-order chi connectivity index (χ0) is 34.2. The van der Waals surface area contributed by atoms with E-state index in [1.54, 1.807) is 0 Å². The molecule has 0 aliphatic carbocycles. The van der Waals surface area contributed by atoms with Gasteiger partial charge in [-0.3, -0.25) is 0 Å². The summed E-state index contributed by atoms with van der Waals surface area (Å²) in [7, 11) is 0. The lowest BCUT2D eigenvalue weighted by Crippen LogP contribution is -1.95. The van der Waals surface area contributed by atoms with Crippen molar-refractivity contribution in [3.63, 3.8) is 0 Å². The van der Waals surface area contributed by atoms with E-state index >= 15 is 0 Å². The molecular weight excluding hydrogens is 631 g/mol. The fourth-order valence-electron chi connectivity index (χ4n) is 8.43. The van der Waals surface area contributed by atoms with Crippen LogP contribution in [0.3, 0.4) is 0 Å². The highest BCUT2D eigenvalue weighted by molar-refractivity contribution is 6.29. The second kappa shape index (κ2) is 11.3. The third-order valence-electron chi connectivity index (χ3n) is 10.7. The SMILES string of the molecule is c1ccc(-c2nc3ccccc3c3c2ccc2c3c3ccccc3n2-c2cccc(-c3ccc4c(c3)c3ccccc3n4-c3ccccc3)c2)cc1. The molecule has 0 fully saturated rings. The fraction of sp³-hybridized carbons (Fsp3) is 0. The highest BCUT2D eigenvalue weighted by Gasteiger charge is 2.20. The van der Waals surface area contributed by atoms with Gasteiger partial charge in [0.25, 0.3) is 0 Å². The Labute approximate surface area is 300 Å². The number of para-hydroxylation sites is 4. The van der Waals surface area contributed by atoms with Crippen LogP contribution in [0.25, 0.3) is 99.0 Å². The van der Waals surface area contributed by atoms with Crippen LogP contribution in [0, 0.1) is 0 Å². The molecule has 0 saturated carbocycles. The van der Waals surface area contributed by atoms with E-state index in [4.69, 9.17) is 4.98 Å². The average molecular weight is 662 g/mol. The summed E-state index contributed by atoms with van der Waals surface area (Å²) in [5.74, 6) is 0. The number of pyridine rings is 1. The lowest BCUT2D eigenvalue weighted by atomic mass is 9.96. The molecule has 0 unspecified atom stereocenters. The number of nitrogens with zero attached hydrogens (tertiary/aromatic N) is 3. The van der Waals surface area contributed by atoms with Crippen LogP contribution in [0.15, 0.2) is 188 Å². The molecule has 8 aromatic carbocycles. The first kappa shape index (κ1) is 28.8. The van der Waals surface area contributed by atoms with Crippen molar-refractivity contribution in [3.8, 4) is 33.8 Å². The van der Waals surface area contributed by atoms with Crippen molar-refractivity contribution >= 4 is 65.3 Å². The van der Waals surface area contributed by atoms with Gasteiger partial charge in [0.2, 0.25) is 0 Å². The first-order valence-electron chi connectivity index (χ1n) is 17.8. The Morgan fingerprint density at radius 2 is 0.885 bits per heavy atom. The maximum atomic E-state index is 5.22. The van der Waals surface area contributed by atoms with Crippen LogP contribution in [0.1, 0.15) is 0 Å². The summed E-state index contributed by atoms with van der Waals surface area (Å²) >= 11 is 0. The first-order chi connectivity index (χ1) is 25.8. The Morgan fingerprint density at radius 1 is 0.308 bits per heavy atom. The summed E-state index contributed by atoms with van der Waals surface area (Å²) in [5, 5.41) is 8.57. The number of hydrogen-bond donors (Lipinski definition) is 0. The van der Waals surface area contributed by atoms with Crippen LogP contribution >= 0.6 is 0 Å².